The number of hydrogen-bond donors (Lipinski definition) is 2. The number of hydrazone groups is 1. The highest BCUT2D eigenvalue weighted by Crippen LogP contribution is 2.14. The molecule has 0 unspecified atom stereocenters. The van der Waals surface area contributed by atoms with Crippen LogP contribution < -0.4 is 16.1 Å². The molecule has 0 saturated heterocycles. The Morgan fingerprint density at radius 1 is 1.47 bits per heavy atom. The van der Waals surface area contributed by atoms with E-state index in [-0.39, 0.29) is 11.4 Å². The van der Waals surface area contributed by atoms with E-state index in [1.807, 2.05) is 0 Å². The molecule has 1 saturated carbocycles. The molecule has 1 heterocycles. The standard InChI is InChI=1S/C11H13N5O/c1-14-8-4-2-3-5-9(8)16-6-7(11(13)17)10(12)15-16/h6,12H,1-5H2,(H-,13,17)/p+2. The average molecular weight is 233 g/mol. The minimum absolute atomic E-state index is 0.152. The molecule has 6 heteroatoms. The largest absolute Gasteiger partial charge is 0.378 e. The van der Waals surface area contributed by atoms with Gasteiger partial charge < -0.3 is 11.5 Å². The SMILES string of the molecule is C=[N+]=C1CCCC/C1=[N+]1\C=C(C(N)=O)C(N)=N1. The first-order chi connectivity index (χ1) is 8.13. The van der Waals surface area contributed by atoms with Crippen LogP contribution in [-0.4, -0.2) is 34.6 Å². The monoisotopic (exact) mass is 233 g/mol. The number of amidine groups is 1. The summed E-state index contributed by atoms with van der Waals surface area (Å²) in [6, 6.07) is 0. The zero-order valence-corrected chi connectivity index (χ0v) is 9.52. The van der Waals surface area contributed by atoms with Crippen LogP contribution in [0, 0.1) is 0 Å². The van der Waals surface area contributed by atoms with Crippen molar-refractivity contribution < 1.29 is 9.48 Å². The molecule has 0 aromatic heterocycles. The fourth-order valence-corrected chi connectivity index (χ4v) is 2.01. The van der Waals surface area contributed by atoms with Gasteiger partial charge in [0.25, 0.3) is 18.3 Å². The van der Waals surface area contributed by atoms with E-state index in [1.165, 1.54) is 0 Å². The summed E-state index contributed by atoms with van der Waals surface area (Å²) >= 11 is 0. The summed E-state index contributed by atoms with van der Waals surface area (Å²) in [5.41, 5.74) is 12.9. The van der Waals surface area contributed by atoms with E-state index in [2.05, 4.69) is 16.5 Å². The van der Waals surface area contributed by atoms with Crippen LogP contribution in [0.2, 0.25) is 0 Å². The van der Waals surface area contributed by atoms with E-state index < -0.39 is 5.91 Å². The van der Waals surface area contributed by atoms with Gasteiger partial charge in [-0.15, -0.1) is 0 Å². The van der Waals surface area contributed by atoms with Gasteiger partial charge in [0.1, 0.15) is 0 Å². The zero-order valence-electron chi connectivity index (χ0n) is 9.52. The quantitative estimate of drug-likeness (QED) is 0.340. The Morgan fingerprint density at radius 2 is 2.18 bits per heavy atom. The first-order valence-corrected chi connectivity index (χ1v) is 5.47. The molecule has 1 aliphatic carbocycles. The highest BCUT2D eigenvalue weighted by molar-refractivity contribution is 6.40. The van der Waals surface area contributed by atoms with Crippen molar-refractivity contribution >= 4 is 29.9 Å². The van der Waals surface area contributed by atoms with Crippen LogP contribution in [0.1, 0.15) is 25.7 Å². The van der Waals surface area contributed by atoms with Crippen molar-refractivity contribution in [1.29, 1.82) is 0 Å². The number of rotatable bonds is 1. The van der Waals surface area contributed by atoms with E-state index in [9.17, 15) is 4.79 Å². The van der Waals surface area contributed by atoms with Crippen molar-refractivity contribution in [3.63, 3.8) is 0 Å². The molecule has 0 radical (unpaired) electrons. The van der Waals surface area contributed by atoms with Crippen LogP contribution in [-0.2, 0) is 4.79 Å². The van der Waals surface area contributed by atoms with Crippen molar-refractivity contribution in [2.45, 2.75) is 25.7 Å². The number of nitrogens with zero attached hydrogens (tertiary/aromatic N) is 3. The molecule has 0 aromatic rings. The molecule has 1 aliphatic heterocycles. The van der Waals surface area contributed by atoms with Crippen LogP contribution >= 0.6 is 0 Å². The lowest BCUT2D eigenvalue weighted by molar-refractivity contribution is -0.457. The number of nitrogens with two attached hydrogens (primary N) is 2. The summed E-state index contributed by atoms with van der Waals surface area (Å²) in [6.07, 6.45) is 5.46. The molecule has 0 aromatic carbocycles. The fraction of sp³-hybridized carbons (Fsp3) is 0.364. The molecular formula is C11H15N5O+2. The molecule has 0 atom stereocenters. The Morgan fingerprint density at radius 3 is 2.76 bits per heavy atom. The van der Waals surface area contributed by atoms with Gasteiger partial charge in [0.15, 0.2) is 5.57 Å². The molecule has 1 amide bonds. The smallest absolute Gasteiger partial charge is 0.371 e. The molecule has 4 N–H and O–H groups in total. The number of amides is 1. The summed E-state index contributed by atoms with van der Waals surface area (Å²) in [4.78, 5) is 11.1. The van der Waals surface area contributed by atoms with Crippen LogP contribution in [0.15, 0.2) is 16.9 Å². The topological polar surface area (TPSA) is 98.6 Å². The van der Waals surface area contributed by atoms with Crippen LogP contribution in [0.25, 0.3) is 0 Å². The highest BCUT2D eigenvalue weighted by Gasteiger charge is 2.35. The Balaban J connectivity index is 2.47. The molecule has 1 fully saturated rings. The van der Waals surface area contributed by atoms with E-state index in [0.29, 0.717) is 0 Å². The molecule has 6 nitrogen and oxygen atoms in total. The van der Waals surface area contributed by atoms with E-state index in [1.54, 1.807) is 10.9 Å². The summed E-state index contributed by atoms with van der Waals surface area (Å²) in [5.74, 6) is -0.419. The molecule has 0 bridgehead atoms. The maximum Gasteiger partial charge on any atom is 0.371 e. The number of hydrogen-bond acceptors (Lipinski definition) is 3. The predicted molar refractivity (Wildman–Crippen MR) is 66.9 cm³/mol. The lowest BCUT2D eigenvalue weighted by atomic mass is 9.96. The zero-order chi connectivity index (χ0) is 12.4. The molecule has 0 spiro atoms. The van der Waals surface area contributed by atoms with Gasteiger partial charge in [0.05, 0.1) is 6.42 Å². The summed E-state index contributed by atoms with van der Waals surface area (Å²) < 4.78 is 5.60. The van der Waals surface area contributed by atoms with Gasteiger partial charge in [-0.2, -0.15) is 0 Å². The second kappa shape index (κ2) is 4.35. The maximum atomic E-state index is 11.1. The second-order valence-electron chi connectivity index (χ2n) is 4.00. The minimum atomic E-state index is -0.571. The highest BCUT2D eigenvalue weighted by atomic mass is 16.1. The second-order valence-corrected chi connectivity index (χ2v) is 4.00. The van der Waals surface area contributed by atoms with Crippen molar-refractivity contribution in [3.05, 3.63) is 11.8 Å². The van der Waals surface area contributed by atoms with Gasteiger partial charge in [-0.05, 0) is 17.5 Å². The van der Waals surface area contributed by atoms with Gasteiger partial charge in [-0.25, -0.2) is 0 Å². The Hall–Kier alpha value is -2.20. The fourth-order valence-electron chi connectivity index (χ4n) is 2.01. The van der Waals surface area contributed by atoms with E-state index in [4.69, 9.17) is 11.5 Å². The van der Waals surface area contributed by atoms with Gasteiger partial charge >= 0.3 is 5.71 Å². The summed E-state index contributed by atoms with van der Waals surface area (Å²) in [7, 11) is 0. The molecule has 2 aliphatic rings. The average Bonchev–Trinajstić information content (AvgIpc) is 2.71. The van der Waals surface area contributed by atoms with Crippen LogP contribution in [0.4, 0.5) is 0 Å². The first kappa shape index (κ1) is 11.3. The minimum Gasteiger partial charge on any atom is -0.378 e. The third-order valence-electron chi connectivity index (χ3n) is 2.89. The molecule has 17 heavy (non-hydrogen) atoms. The number of carbonyl (C=O) groups excluding carboxylic acids is 1. The predicted octanol–water partition coefficient (Wildman–Crippen LogP) is -1.12. The Kier molecular flexibility index (Phi) is 2.89. The van der Waals surface area contributed by atoms with Gasteiger partial charge in [0.2, 0.25) is 12.0 Å². The third kappa shape index (κ3) is 2.03. The maximum absolute atomic E-state index is 11.1. The van der Waals surface area contributed by atoms with E-state index >= 15 is 0 Å². The Labute approximate surface area is 98.7 Å². The van der Waals surface area contributed by atoms with Gasteiger partial charge in [-0.1, -0.05) is 4.67 Å². The van der Waals surface area contributed by atoms with Crippen molar-refractivity contribution in [2.24, 2.45) is 16.6 Å². The van der Waals surface area contributed by atoms with E-state index in [0.717, 1.165) is 37.1 Å². The molecule has 2 rings (SSSR count). The van der Waals surface area contributed by atoms with Gasteiger partial charge in [0, 0.05) is 11.5 Å². The molecule has 88 valence electrons. The number of primary amides is 1. The van der Waals surface area contributed by atoms with Crippen molar-refractivity contribution in [3.8, 4) is 0 Å². The Bertz CT molecular complexity index is 520. The van der Waals surface area contributed by atoms with Crippen molar-refractivity contribution in [2.75, 3.05) is 0 Å². The lowest BCUT2D eigenvalue weighted by Gasteiger charge is -2.03. The normalized spacial score (nSPS) is 24.1. The van der Waals surface area contributed by atoms with Crippen LogP contribution in [0.5, 0.6) is 0 Å². The molecular weight excluding hydrogens is 218 g/mol. The summed E-state index contributed by atoms with van der Waals surface area (Å²) in [6.45, 7) is 3.55. The van der Waals surface area contributed by atoms with Crippen molar-refractivity contribution in [1.82, 2.24) is 4.67 Å². The summed E-state index contributed by atoms with van der Waals surface area (Å²) in [5, 5.41) is 4.10. The number of carbonyl (C=O) groups is 1. The van der Waals surface area contributed by atoms with Crippen LogP contribution in [0.3, 0.4) is 0 Å². The third-order valence-corrected chi connectivity index (χ3v) is 2.89. The lowest BCUT2D eigenvalue weighted by Crippen LogP contribution is -2.27. The first-order valence-electron chi connectivity index (χ1n) is 5.47. The van der Waals surface area contributed by atoms with Gasteiger partial charge in [-0.3, -0.25) is 4.79 Å².